The summed E-state index contributed by atoms with van der Waals surface area (Å²) >= 11 is 1.76. The van der Waals surface area contributed by atoms with Gasteiger partial charge in [0.1, 0.15) is 5.82 Å². The molecule has 0 radical (unpaired) electrons. The zero-order chi connectivity index (χ0) is 13.5. The average molecular weight is 280 g/mol. The summed E-state index contributed by atoms with van der Waals surface area (Å²) in [6, 6.07) is 4.77. The van der Waals surface area contributed by atoms with Gasteiger partial charge in [0, 0.05) is 23.7 Å². The molecule has 2 unspecified atom stereocenters. The van der Waals surface area contributed by atoms with Crippen molar-refractivity contribution in [3.63, 3.8) is 0 Å². The van der Waals surface area contributed by atoms with Crippen LogP contribution in [0.5, 0.6) is 0 Å². The number of anilines is 1. The van der Waals surface area contributed by atoms with Gasteiger partial charge in [-0.05, 0) is 36.5 Å². The molecule has 2 atom stereocenters. The number of hydrogen-bond acceptors (Lipinski definition) is 4. The minimum atomic E-state index is 0.250. The summed E-state index contributed by atoms with van der Waals surface area (Å²) in [6.45, 7) is 2.58. The van der Waals surface area contributed by atoms with Crippen LogP contribution in [0.15, 0.2) is 18.3 Å². The Hall–Kier alpha value is -0.740. The van der Waals surface area contributed by atoms with Crippen molar-refractivity contribution >= 4 is 17.6 Å². The summed E-state index contributed by atoms with van der Waals surface area (Å²) in [5.74, 6) is 3.48. The first-order chi connectivity index (χ1) is 9.29. The van der Waals surface area contributed by atoms with Crippen molar-refractivity contribution in [1.29, 1.82) is 0 Å². The zero-order valence-corrected chi connectivity index (χ0v) is 12.5. The van der Waals surface area contributed by atoms with Crippen LogP contribution in [-0.4, -0.2) is 28.5 Å². The molecule has 2 rings (SSSR count). The second-order valence-electron chi connectivity index (χ2n) is 5.34. The summed E-state index contributed by atoms with van der Waals surface area (Å²) in [7, 11) is 0. The number of aliphatic hydroxyl groups is 1. The lowest BCUT2D eigenvalue weighted by atomic mass is 9.86. The normalized spacial score (nSPS) is 23.3. The minimum Gasteiger partial charge on any atom is -0.396 e. The quantitative estimate of drug-likeness (QED) is 0.785. The molecule has 106 valence electrons. The highest BCUT2D eigenvalue weighted by molar-refractivity contribution is 7.98. The van der Waals surface area contributed by atoms with Crippen molar-refractivity contribution in [3.8, 4) is 0 Å². The molecule has 0 saturated heterocycles. The first kappa shape index (κ1) is 14.7. The fourth-order valence-electron chi connectivity index (χ4n) is 2.62. The van der Waals surface area contributed by atoms with Crippen LogP contribution in [0.25, 0.3) is 0 Å². The summed E-state index contributed by atoms with van der Waals surface area (Å²) < 4.78 is 0. The molecule has 2 N–H and O–H groups in total. The molecule has 1 aromatic rings. The van der Waals surface area contributed by atoms with Gasteiger partial charge in [-0.3, -0.25) is 0 Å². The number of rotatable bonds is 6. The Bertz CT molecular complexity index is 386. The Morgan fingerprint density at radius 2 is 2.26 bits per heavy atom. The Balaban J connectivity index is 1.90. The molecule has 1 heterocycles. The summed E-state index contributed by atoms with van der Waals surface area (Å²) in [4.78, 5) is 4.43. The highest BCUT2D eigenvalue weighted by Crippen LogP contribution is 2.26. The van der Waals surface area contributed by atoms with Crippen molar-refractivity contribution in [2.75, 3.05) is 17.7 Å². The monoisotopic (exact) mass is 280 g/mol. The minimum absolute atomic E-state index is 0.250. The van der Waals surface area contributed by atoms with E-state index in [-0.39, 0.29) is 6.61 Å². The van der Waals surface area contributed by atoms with E-state index in [2.05, 4.69) is 29.4 Å². The zero-order valence-electron chi connectivity index (χ0n) is 11.6. The number of aliphatic hydroxyl groups excluding tert-OH is 1. The van der Waals surface area contributed by atoms with E-state index in [9.17, 15) is 0 Å². The van der Waals surface area contributed by atoms with Gasteiger partial charge in [0.25, 0.3) is 0 Å². The van der Waals surface area contributed by atoms with Crippen LogP contribution in [0.2, 0.25) is 0 Å². The lowest BCUT2D eigenvalue weighted by Gasteiger charge is -2.30. The molecule has 3 nitrogen and oxygen atoms in total. The van der Waals surface area contributed by atoms with Crippen LogP contribution in [0.1, 0.15) is 38.2 Å². The van der Waals surface area contributed by atoms with Crippen LogP contribution < -0.4 is 5.32 Å². The lowest BCUT2D eigenvalue weighted by molar-refractivity contribution is 0.322. The first-order valence-electron chi connectivity index (χ1n) is 7.19. The molecule has 1 aliphatic carbocycles. The number of pyridine rings is 1. The smallest absolute Gasteiger partial charge is 0.126 e. The summed E-state index contributed by atoms with van der Waals surface area (Å²) in [6.07, 6.45) is 7.15. The Morgan fingerprint density at radius 1 is 1.42 bits per heavy atom. The molecule has 0 spiro atoms. The standard InChI is InChI=1S/C15H24N2OS/c1-12-4-2-3-5-14(12)17-15-10-13(6-7-16-15)11-19-9-8-18/h6-7,10,12,14,18H,2-5,8-9,11H2,1H3,(H,16,17). The number of nitrogens with one attached hydrogen (secondary N) is 1. The highest BCUT2D eigenvalue weighted by Gasteiger charge is 2.21. The third-order valence-electron chi connectivity index (χ3n) is 3.77. The second-order valence-corrected chi connectivity index (χ2v) is 6.44. The van der Waals surface area contributed by atoms with E-state index >= 15 is 0 Å². The number of hydrogen-bond donors (Lipinski definition) is 2. The van der Waals surface area contributed by atoms with Crippen molar-refractivity contribution in [2.45, 2.75) is 44.4 Å². The molecular formula is C15H24N2OS. The van der Waals surface area contributed by atoms with Crippen LogP contribution in [0.3, 0.4) is 0 Å². The molecule has 1 saturated carbocycles. The first-order valence-corrected chi connectivity index (χ1v) is 8.35. The van der Waals surface area contributed by atoms with Gasteiger partial charge in [0.2, 0.25) is 0 Å². The fraction of sp³-hybridized carbons (Fsp3) is 0.667. The molecule has 4 heteroatoms. The predicted octanol–water partition coefficient (Wildman–Crippen LogP) is 3.30. The molecule has 0 aliphatic heterocycles. The van der Waals surface area contributed by atoms with Gasteiger partial charge in [-0.15, -0.1) is 0 Å². The number of thioether (sulfide) groups is 1. The summed E-state index contributed by atoms with van der Waals surface area (Å²) in [5.41, 5.74) is 1.28. The van der Waals surface area contributed by atoms with Gasteiger partial charge < -0.3 is 10.4 Å². The van der Waals surface area contributed by atoms with E-state index in [1.165, 1.54) is 31.2 Å². The molecule has 0 bridgehead atoms. The van der Waals surface area contributed by atoms with E-state index in [0.29, 0.717) is 6.04 Å². The largest absolute Gasteiger partial charge is 0.396 e. The van der Waals surface area contributed by atoms with Crippen LogP contribution >= 0.6 is 11.8 Å². The predicted molar refractivity (Wildman–Crippen MR) is 82.5 cm³/mol. The van der Waals surface area contributed by atoms with Crippen molar-refractivity contribution in [1.82, 2.24) is 4.98 Å². The fourth-order valence-corrected chi connectivity index (χ4v) is 3.31. The van der Waals surface area contributed by atoms with Gasteiger partial charge in [-0.2, -0.15) is 11.8 Å². The Kier molecular flexibility index (Phi) is 5.98. The third-order valence-corrected chi connectivity index (χ3v) is 4.78. The average Bonchev–Trinajstić information content (AvgIpc) is 2.42. The van der Waals surface area contributed by atoms with Gasteiger partial charge in [-0.25, -0.2) is 4.98 Å². The van der Waals surface area contributed by atoms with E-state index in [4.69, 9.17) is 5.11 Å². The molecule has 19 heavy (non-hydrogen) atoms. The van der Waals surface area contributed by atoms with E-state index in [1.807, 2.05) is 6.20 Å². The SMILES string of the molecule is CC1CCCCC1Nc1cc(CSCCO)ccn1. The maximum Gasteiger partial charge on any atom is 0.126 e. The topological polar surface area (TPSA) is 45.1 Å². The van der Waals surface area contributed by atoms with Gasteiger partial charge >= 0.3 is 0 Å². The molecule has 1 fully saturated rings. The van der Waals surface area contributed by atoms with Crippen LogP contribution in [0, 0.1) is 5.92 Å². The van der Waals surface area contributed by atoms with E-state index in [0.717, 1.165) is 23.2 Å². The van der Waals surface area contributed by atoms with Crippen LogP contribution in [-0.2, 0) is 5.75 Å². The van der Waals surface area contributed by atoms with E-state index in [1.54, 1.807) is 11.8 Å². The molecular weight excluding hydrogens is 256 g/mol. The number of aromatic nitrogens is 1. The van der Waals surface area contributed by atoms with Gasteiger partial charge in [-0.1, -0.05) is 19.8 Å². The Morgan fingerprint density at radius 3 is 3.05 bits per heavy atom. The molecule has 1 aliphatic rings. The van der Waals surface area contributed by atoms with E-state index < -0.39 is 0 Å². The molecule has 0 amide bonds. The number of nitrogens with zero attached hydrogens (tertiary/aromatic N) is 1. The highest BCUT2D eigenvalue weighted by atomic mass is 32.2. The second kappa shape index (κ2) is 7.75. The lowest BCUT2D eigenvalue weighted by Crippen LogP contribution is -2.30. The Labute approximate surface area is 120 Å². The maximum atomic E-state index is 8.80. The van der Waals surface area contributed by atoms with Gasteiger partial charge in [0.15, 0.2) is 0 Å². The molecule has 1 aromatic heterocycles. The maximum absolute atomic E-state index is 8.80. The molecule has 0 aromatic carbocycles. The van der Waals surface area contributed by atoms with Gasteiger partial charge in [0.05, 0.1) is 6.61 Å². The summed E-state index contributed by atoms with van der Waals surface area (Å²) in [5, 5.41) is 12.4. The third kappa shape index (κ3) is 4.69. The van der Waals surface area contributed by atoms with Crippen molar-refractivity contribution in [3.05, 3.63) is 23.9 Å². The van der Waals surface area contributed by atoms with Crippen molar-refractivity contribution in [2.24, 2.45) is 5.92 Å². The van der Waals surface area contributed by atoms with Crippen molar-refractivity contribution < 1.29 is 5.11 Å². The van der Waals surface area contributed by atoms with Crippen LogP contribution in [0.4, 0.5) is 5.82 Å².